The summed E-state index contributed by atoms with van der Waals surface area (Å²) in [7, 11) is 0. The van der Waals surface area contributed by atoms with Crippen molar-refractivity contribution in [3.8, 4) is 0 Å². The fourth-order valence-corrected chi connectivity index (χ4v) is 3.92. The molecule has 2 aromatic rings. The number of hydrogen-bond acceptors (Lipinski definition) is 3. The molecule has 0 saturated carbocycles. The van der Waals surface area contributed by atoms with E-state index in [1.807, 2.05) is 44.2 Å². The van der Waals surface area contributed by atoms with Crippen molar-refractivity contribution in [3.63, 3.8) is 0 Å². The highest BCUT2D eigenvalue weighted by atomic mass is 35.5. The molecule has 1 amide bonds. The van der Waals surface area contributed by atoms with Crippen LogP contribution in [-0.2, 0) is 9.53 Å². The second-order valence-corrected chi connectivity index (χ2v) is 7.95. The van der Waals surface area contributed by atoms with Crippen LogP contribution in [0.1, 0.15) is 37.1 Å². The Kier molecular flexibility index (Phi) is 6.43. The Hall–Kier alpha value is -1.59. The molecule has 1 fully saturated rings. The number of morpholine rings is 1. The van der Waals surface area contributed by atoms with Crippen LogP contribution in [0.3, 0.4) is 0 Å². The van der Waals surface area contributed by atoms with Gasteiger partial charge in [0.1, 0.15) is 12.7 Å². The molecule has 1 heterocycles. The fourth-order valence-electron chi connectivity index (χ4n) is 3.60. The van der Waals surface area contributed by atoms with Crippen molar-refractivity contribution in [2.75, 3.05) is 13.2 Å². The average Bonchev–Trinajstić information content (AvgIpc) is 2.64. The van der Waals surface area contributed by atoms with Crippen LogP contribution in [-0.4, -0.2) is 35.2 Å². The van der Waals surface area contributed by atoms with Gasteiger partial charge in [0.15, 0.2) is 0 Å². The molecule has 2 unspecified atom stereocenters. The van der Waals surface area contributed by atoms with E-state index in [0.29, 0.717) is 10.0 Å². The van der Waals surface area contributed by atoms with Gasteiger partial charge >= 0.3 is 0 Å². The molecule has 0 radical (unpaired) electrons. The van der Waals surface area contributed by atoms with Gasteiger partial charge in [-0.1, -0.05) is 61.3 Å². The summed E-state index contributed by atoms with van der Waals surface area (Å²) in [6.45, 7) is 3.84. The van der Waals surface area contributed by atoms with E-state index in [0.717, 1.165) is 11.1 Å². The van der Waals surface area contributed by atoms with Gasteiger partial charge in [-0.25, -0.2) is 0 Å². The van der Waals surface area contributed by atoms with Gasteiger partial charge in [0.2, 0.25) is 5.91 Å². The molecule has 6 heteroatoms. The van der Waals surface area contributed by atoms with Crippen LogP contribution in [0.25, 0.3) is 0 Å². The van der Waals surface area contributed by atoms with Crippen LogP contribution in [0.2, 0.25) is 10.0 Å². The molecular weight excluding hydrogens is 385 g/mol. The number of rotatable bonds is 5. The van der Waals surface area contributed by atoms with Crippen molar-refractivity contribution in [3.05, 3.63) is 69.7 Å². The Bertz CT molecular complexity index is 794. The van der Waals surface area contributed by atoms with Crippen molar-refractivity contribution in [1.29, 1.82) is 0 Å². The summed E-state index contributed by atoms with van der Waals surface area (Å²) in [5.74, 6) is -0.0483. The highest BCUT2D eigenvalue weighted by Crippen LogP contribution is 2.42. The Morgan fingerprint density at radius 2 is 1.81 bits per heavy atom. The Balaban J connectivity index is 2.11. The molecule has 3 rings (SSSR count). The minimum atomic E-state index is -0.393. The third-order valence-corrected chi connectivity index (χ3v) is 5.45. The zero-order valence-corrected chi connectivity index (χ0v) is 16.8. The molecule has 0 aliphatic carbocycles. The first-order valence-electron chi connectivity index (χ1n) is 8.97. The standard InChI is InChI=1S/C21H23Cl2NO3/c1-13(2)18(11-25)24-19(26)12-27-21(15-4-3-5-17(23)10-15)20(24)14-6-8-16(22)9-7-14/h3-10,13,18,20-21,25H,11-12H2,1-2H3/t18-,20?,21?/m1/s1. The molecule has 4 nitrogen and oxygen atoms in total. The topological polar surface area (TPSA) is 49.8 Å². The number of aliphatic hydroxyl groups excluding tert-OH is 1. The molecule has 0 aromatic heterocycles. The molecule has 2 aromatic carbocycles. The highest BCUT2D eigenvalue weighted by molar-refractivity contribution is 6.30. The van der Waals surface area contributed by atoms with Crippen LogP contribution < -0.4 is 0 Å². The average molecular weight is 408 g/mol. The quantitative estimate of drug-likeness (QED) is 0.784. The number of benzene rings is 2. The number of halogens is 2. The van der Waals surface area contributed by atoms with Gasteiger partial charge in [0, 0.05) is 10.0 Å². The number of ether oxygens (including phenoxy) is 1. The third-order valence-electron chi connectivity index (χ3n) is 4.96. The SMILES string of the molecule is CC(C)[C@@H](CO)N1C(=O)COC(c2cccc(Cl)c2)C1c1ccc(Cl)cc1. The first-order valence-corrected chi connectivity index (χ1v) is 9.72. The second-order valence-electron chi connectivity index (χ2n) is 7.08. The summed E-state index contributed by atoms with van der Waals surface area (Å²) in [6, 6.07) is 14.2. The van der Waals surface area contributed by atoms with Crippen molar-refractivity contribution < 1.29 is 14.6 Å². The Labute approximate surface area is 169 Å². The lowest BCUT2D eigenvalue weighted by molar-refractivity contribution is -0.166. The largest absolute Gasteiger partial charge is 0.394 e. The molecule has 1 aliphatic rings. The van der Waals surface area contributed by atoms with E-state index in [9.17, 15) is 9.90 Å². The summed E-state index contributed by atoms with van der Waals surface area (Å²) in [4.78, 5) is 14.6. The normalized spacial score (nSPS) is 21.6. The monoisotopic (exact) mass is 407 g/mol. The van der Waals surface area contributed by atoms with Crippen LogP contribution in [0.15, 0.2) is 48.5 Å². The first-order chi connectivity index (χ1) is 12.9. The number of amides is 1. The van der Waals surface area contributed by atoms with E-state index in [4.69, 9.17) is 27.9 Å². The Morgan fingerprint density at radius 3 is 2.41 bits per heavy atom. The maximum atomic E-state index is 12.8. The summed E-state index contributed by atoms with van der Waals surface area (Å²) in [6.07, 6.45) is -0.393. The second kappa shape index (κ2) is 8.61. The molecular formula is C21H23Cl2NO3. The van der Waals surface area contributed by atoms with E-state index in [-0.39, 0.29) is 37.1 Å². The smallest absolute Gasteiger partial charge is 0.249 e. The minimum Gasteiger partial charge on any atom is -0.394 e. The van der Waals surface area contributed by atoms with Crippen LogP contribution >= 0.6 is 23.2 Å². The van der Waals surface area contributed by atoms with E-state index < -0.39 is 6.10 Å². The summed E-state index contributed by atoms with van der Waals surface area (Å²) in [5.41, 5.74) is 1.79. The molecule has 0 bridgehead atoms. The highest BCUT2D eigenvalue weighted by Gasteiger charge is 2.42. The fraction of sp³-hybridized carbons (Fsp3) is 0.381. The van der Waals surface area contributed by atoms with Gasteiger partial charge in [-0.15, -0.1) is 0 Å². The van der Waals surface area contributed by atoms with Crippen molar-refractivity contribution in [1.82, 2.24) is 4.90 Å². The van der Waals surface area contributed by atoms with Gasteiger partial charge < -0.3 is 14.7 Å². The number of hydrogen-bond donors (Lipinski definition) is 1. The summed E-state index contributed by atoms with van der Waals surface area (Å²) in [5, 5.41) is 11.2. The van der Waals surface area contributed by atoms with Crippen LogP contribution in [0.5, 0.6) is 0 Å². The molecule has 1 saturated heterocycles. The zero-order valence-electron chi connectivity index (χ0n) is 15.3. The van der Waals surface area contributed by atoms with Crippen molar-refractivity contribution in [2.45, 2.75) is 32.0 Å². The van der Waals surface area contributed by atoms with Crippen molar-refractivity contribution >= 4 is 29.1 Å². The third kappa shape index (κ3) is 4.30. The molecule has 1 aliphatic heterocycles. The van der Waals surface area contributed by atoms with Crippen molar-refractivity contribution in [2.24, 2.45) is 5.92 Å². The van der Waals surface area contributed by atoms with E-state index in [1.165, 1.54) is 0 Å². The lowest BCUT2D eigenvalue weighted by atomic mass is 9.89. The van der Waals surface area contributed by atoms with Crippen LogP contribution in [0.4, 0.5) is 0 Å². The molecule has 144 valence electrons. The lowest BCUT2D eigenvalue weighted by Gasteiger charge is -2.46. The van der Waals surface area contributed by atoms with Gasteiger partial charge in [0.05, 0.1) is 18.7 Å². The summed E-state index contributed by atoms with van der Waals surface area (Å²) >= 11 is 12.3. The van der Waals surface area contributed by atoms with E-state index >= 15 is 0 Å². The Morgan fingerprint density at radius 1 is 1.11 bits per heavy atom. The lowest BCUT2D eigenvalue weighted by Crippen LogP contribution is -2.53. The molecule has 0 spiro atoms. The van der Waals surface area contributed by atoms with Gasteiger partial charge in [-0.3, -0.25) is 4.79 Å². The zero-order chi connectivity index (χ0) is 19.6. The van der Waals surface area contributed by atoms with E-state index in [2.05, 4.69) is 0 Å². The maximum absolute atomic E-state index is 12.8. The van der Waals surface area contributed by atoms with E-state index in [1.54, 1.807) is 23.1 Å². The first kappa shape index (κ1) is 20.2. The van der Waals surface area contributed by atoms with Gasteiger partial charge in [-0.05, 0) is 41.3 Å². The van der Waals surface area contributed by atoms with Gasteiger partial charge in [0.25, 0.3) is 0 Å². The predicted molar refractivity (Wildman–Crippen MR) is 107 cm³/mol. The summed E-state index contributed by atoms with van der Waals surface area (Å²) < 4.78 is 5.97. The van der Waals surface area contributed by atoms with Gasteiger partial charge in [-0.2, -0.15) is 0 Å². The number of nitrogens with zero attached hydrogens (tertiary/aromatic N) is 1. The number of carbonyl (C=O) groups excluding carboxylic acids is 1. The van der Waals surface area contributed by atoms with Crippen LogP contribution in [0, 0.1) is 5.92 Å². The predicted octanol–water partition coefficient (Wildman–Crippen LogP) is 4.65. The molecule has 1 N–H and O–H groups in total. The molecule has 3 atom stereocenters. The number of aliphatic hydroxyl groups is 1. The molecule has 27 heavy (non-hydrogen) atoms. The maximum Gasteiger partial charge on any atom is 0.249 e. The minimum absolute atomic E-state index is 0.0372. The number of carbonyl (C=O) groups is 1.